The number of aryl methyl sites for hydroxylation is 1. The summed E-state index contributed by atoms with van der Waals surface area (Å²) < 4.78 is 11.5. The SMILES string of the molecule is CCOc1ccc(-c2cc(=O)n(CC(=O)Nc3cc(C)on3)cn2)cc1. The highest BCUT2D eigenvalue weighted by Gasteiger charge is 2.09. The predicted molar refractivity (Wildman–Crippen MR) is 95.0 cm³/mol. The number of benzene rings is 1. The van der Waals surface area contributed by atoms with Crippen LogP contribution >= 0.6 is 0 Å². The lowest BCUT2D eigenvalue weighted by atomic mass is 10.1. The van der Waals surface area contributed by atoms with Crippen LogP contribution in [0, 0.1) is 6.92 Å². The third-order valence-electron chi connectivity index (χ3n) is 3.55. The highest BCUT2D eigenvalue weighted by atomic mass is 16.5. The normalized spacial score (nSPS) is 10.5. The second-order valence-electron chi connectivity index (χ2n) is 5.57. The Morgan fingerprint density at radius 3 is 2.65 bits per heavy atom. The van der Waals surface area contributed by atoms with E-state index in [1.54, 1.807) is 13.0 Å². The average Bonchev–Trinajstić information content (AvgIpc) is 3.02. The Hall–Kier alpha value is -3.42. The van der Waals surface area contributed by atoms with E-state index < -0.39 is 5.91 Å². The van der Waals surface area contributed by atoms with Gasteiger partial charge in [-0.25, -0.2) is 4.98 Å². The van der Waals surface area contributed by atoms with Crippen LogP contribution in [0.25, 0.3) is 11.3 Å². The third kappa shape index (κ3) is 4.15. The molecule has 0 aliphatic heterocycles. The summed E-state index contributed by atoms with van der Waals surface area (Å²) in [7, 11) is 0. The van der Waals surface area contributed by atoms with E-state index >= 15 is 0 Å². The fourth-order valence-corrected chi connectivity index (χ4v) is 2.35. The molecule has 2 aromatic heterocycles. The van der Waals surface area contributed by atoms with Gasteiger partial charge in [0.15, 0.2) is 5.82 Å². The first-order valence-electron chi connectivity index (χ1n) is 8.08. The first kappa shape index (κ1) is 17.4. The molecule has 3 rings (SSSR count). The second kappa shape index (κ2) is 7.64. The van der Waals surface area contributed by atoms with Crippen LogP contribution < -0.4 is 15.6 Å². The maximum atomic E-state index is 12.3. The van der Waals surface area contributed by atoms with E-state index in [4.69, 9.17) is 9.26 Å². The summed E-state index contributed by atoms with van der Waals surface area (Å²) in [5.74, 6) is 1.25. The molecule has 0 aliphatic carbocycles. The van der Waals surface area contributed by atoms with Crippen LogP contribution in [-0.2, 0) is 11.3 Å². The Morgan fingerprint density at radius 1 is 1.27 bits per heavy atom. The van der Waals surface area contributed by atoms with Gasteiger partial charge in [0.2, 0.25) is 5.91 Å². The summed E-state index contributed by atoms with van der Waals surface area (Å²) in [6, 6.07) is 10.3. The summed E-state index contributed by atoms with van der Waals surface area (Å²) in [5, 5.41) is 6.23. The highest BCUT2D eigenvalue weighted by Crippen LogP contribution is 2.19. The zero-order valence-corrected chi connectivity index (χ0v) is 14.4. The lowest BCUT2D eigenvalue weighted by molar-refractivity contribution is -0.116. The van der Waals surface area contributed by atoms with E-state index in [0.29, 0.717) is 23.9 Å². The van der Waals surface area contributed by atoms with Gasteiger partial charge in [-0.2, -0.15) is 0 Å². The number of nitrogens with zero attached hydrogens (tertiary/aromatic N) is 3. The molecule has 1 aromatic carbocycles. The summed E-state index contributed by atoms with van der Waals surface area (Å²) in [5.41, 5.74) is 0.998. The van der Waals surface area contributed by atoms with Gasteiger partial charge < -0.3 is 14.6 Å². The van der Waals surface area contributed by atoms with Crippen molar-refractivity contribution in [2.24, 2.45) is 0 Å². The van der Waals surface area contributed by atoms with Crippen LogP contribution in [0.5, 0.6) is 5.75 Å². The standard InChI is InChI=1S/C18H18N4O4/c1-3-25-14-6-4-13(5-7-14)15-9-18(24)22(11-19-15)10-17(23)20-16-8-12(2)26-21-16/h4-9,11H,3,10H2,1-2H3,(H,20,21,23). The molecule has 0 bridgehead atoms. The van der Waals surface area contributed by atoms with Crippen LogP contribution in [0.3, 0.4) is 0 Å². The van der Waals surface area contributed by atoms with Crippen LogP contribution in [0.1, 0.15) is 12.7 Å². The number of ether oxygens (including phenoxy) is 1. The average molecular weight is 354 g/mol. The zero-order valence-electron chi connectivity index (χ0n) is 14.4. The minimum Gasteiger partial charge on any atom is -0.494 e. The molecule has 0 spiro atoms. The van der Waals surface area contributed by atoms with E-state index in [1.807, 2.05) is 31.2 Å². The minimum atomic E-state index is -0.393. The van der Waals surface area contributed by atoms with E-state index in [0.717, 1.165) is 11.3 Å². The van der Waals surface area contributed by atoms with Gasteiger partial charge in [-0.3, -0.25) is 14.2 Å². The van der Waals surface area contributed by atoms with Crippen molar-refractivity contribution in [1.82, 2.24) is 14.7 Å². The molecule has 1 amide bonds. The number of amides is 1. The van der Waals surface area contributed by atoms with Crippen molar-refractivity contribution in [3.05, 3.63) is 58.8 Å². The summed E-state index contributed by atoms with van der Waals surface area (Å²) in [4.78, 5) is 28.5. The number of hydrogen-bond acceptors (Lipinski definition) is 6. The molecule has 0 atom stereocenters. The molecule has 0 fully saturated rings. The Labute approximate surface area is 149 Å². The number of anilines is 1. The van der Waals surface area contributed by atoms with Crippen LogP contribution in [-0.4, -0.2) is 27.2 Å². The van der Waals surface area contributed by atoms with Crippen molar-refractivity contribution < 1.29 is 14.1 Å². The molecule has 3 aromatic rings. The predicted octanol–water partition coefficient (Wildman–Crippen LogP) is 2.24. The molecular formula is C18H18N4O4. The molecule has 8 heteroatoms. The van der Waals surface area contributed by atoms with Gasteiger partial charge >= 0.3 is 0 Å². The number of hydrogen-bond donors (Lipinski definition) is 1. The maximum absolute atomic E-state index is 12.3. The number of carbonyl (C=O) groups is 1. The maximum Gasteiger partial charge on any atom is 0.254 e. The van der Waals surface area contributed by atoms with Gasteiger partial charge in [-0.15, -0.1) is 0 Å². The van der Waals surface area contributed by atoms with E-state index in [2.05, 4.69) is 15.5 Å². The van der Waals surface area contributed by atoms with Crippen molar-refractivity contribution >= 4 is 11.7 Å². The number of carbonyl (C=O) groups excluding carboxylic acids is 1. The Kier molecular flexibility index (Phi) is 5.12. The molecule has 134 valence electrons. The van der Waals surface area contributed by atoms with Gasteiger partial charge in [0, 0.05) is 17.7 Å². The molecule has 0 saturated heterocycles. The highest BCUT2D eigenvalue weighted by molar-refractivity contribution is 5.89. The quantitative estimate of drug-likeness (QED) is 0.729. The fraction of sp³-hybridized carbons (Fsp3) is 0.222. The van der Waals surface area contributed by atoms with Crippen LogP contribution in [0.4, 0.5) is 5.82 Å². The molecular weight excluding hydrogens is 336 g/mol. The van der Waals surface area contributed by atoms with E-state index in [1.165, 1.54) is 17.0 Å². The molecule has 2 heterocycles. The van der Waals surface area contributed by atoms with Gasteiger partial charge in [-0.05, 0) is 38.1 Å². The van der Waals surface area contributed by atoms with E-state index in [-0.39, 0.29) is 12.1 Å². The summed E-state index contributed by atoms with van der Waals surface area (Å²) in [6.07, 6.45) is 1.35. The Balaban J connectivity index is 1.70. The summed E-state index contributed by atoms with van der Waals surface area (Å²) in [6.45, 7) is 4.05. The Bertz CT molecular complexity index is 960. The lowest BCUT2D eigenvalue weighted by Crippen LogP contribution is -2.27. The van der Waals surface area contributed by atoms with Gasteiger partial charge in [-0.1, -0.05) is 5.16 Å². The molecule has 0 unspecified atom stereocenters. The van der Waals surface area contributed by atoms with Crippen molar-refractivity contribution in [3.8, 4) is 17.0 Å². The Morgan fingerprint density at radius 2 is 2.04 bits per heavy atom. The van der Waals surface area contributed by atoms with Gasteiger partial charge in [0.25, 0.3) is 5.56 Å². The first-order valence-corrected chi connectivity index (χ1v) is 8.08. The van der Waals surface area contributed by atoms with Gasteiger partial charge in [0.05, 0.1) is 18.6 Å². The van der Waals surface area contributed by atoms with Gasteiger partial charge in [0.1, 0.15) is 18.1 Å². The smallest absolute Gasteiger partial charge is 0.254 e. The monoisotopic (exact) mass is 354 g/mol. The number of nitrogens with one attached hydrogen (secondary N) is 1. The number of aromatic nitrogens is 3. The van der Waals surface area contributed by atoms with Crippen molar-refractivity contribution in [3.63, 3.8) is 0 Å². The molecule has 0 saturated carbocycles. The van der Waals surface area contributed by atoms with Crippen molar-refractivity contribution in [2.75, 3.05) is 11.9 Å². The molecule has 26 heavy (non-hydrogen) atoms. The lowest BCUT2D eigenvalue weighted by Gasteiger charge is -2.07. The topological polar surface area (TPSA) is 99.2 Å². The number of rotatable bonds is 6. The molecule has 0 radical (unpaired) electrons. The zero-order chi connectivity index (χ0) is 18.5. The van der Waals surface area contributed by atoms with Crippen molar-refractivity contribution in [1.29, 1.82) is 0 Å². The summed E-state index contributed by atoms with van der Waals surface area (Å²) >= 11 is 0. The minimum absolute atomic E-state index is 0.165. The van der Waals surface area contributed by atoms with Crippen molar-refractivity contribution in [2.45, 2.75) is 20.4 Å². The van der Waals surface area contributed by atoms with Crippen LogP contribution in [0.2, 0.25) is 0 Å². The third-order valence-corrected chi connectivity index (χ3v) is 3.55. The second-order valence-corrected chi connectivity index (χ2v) is 5.57. The molecule has 1 N–H and O–H groups in total. The fourth-order valence-electron chi connectivity index (χ4n) is 2.35. The largest absolute Gasteiger partial charge is 0.494 e. The van der Waals surface area contributed by atoms with Crippen LogP contribution in [0.15, 0.2) is 52.0 Å². The first-order chi connectivity index (χ1) is 12.5. The molecule has 8 nitrogen and oxygen atoms in total. The van der Waals surface area contributed by atoms with E-state index in [9.17, 15) is 9.59 Å². The molecule has 0 aliphatic rings.